The third kappa shape index (κ3) is 3.39. The Morgan fingerprint density at radius 1 is 1.08 bits per heavy atom. The summed E-state index contributed by atoms with van der Waals surface area (Å²) >= 11 is 6.75. The number of benzene rings is 2. The maximum absolute atomic E-state index is 12.4. The van der Waals surface area contributed by atoms with Crippen LogP contribution < -0.4 is 0 Å². The average molecular weight is 362 g/mol. The molecule has 24 heavy (non-hydrogen) atoms. The van der Waals surface area contributed by atoms with Crippen LogP contribution in [0.5, 0.6) is 11.5 Å². The molecule has 1 heterocycles. The van der Waals surface area contributed by atoms with Crippen LogP contribution >= 0.6 is 23.4 Å². The number of phenols is 2. The molecule has 0 spiro atoms. The molecule has 2 N–H and O–H groups in total. The summed E-state index contributed by atoms with van der Waals surface area (Å²) in [6.45, 7) is 0.142. The first kappa shape index (κ1) is 16.4. The number of carbonyl (C=O) groups excluding carboxylic acids is 2. The zero-order chi connectivity index (χ0) is 17.3. The molecule has 5 nitrogen and oxygen atoms in total. The highest BCUT2D eigenvalue weighted by molar-refractivity contribution is 8.18. The van der Waals surface area contributed by atoms with Gasteiger partial charge in [-0.25, -0.2) is 0 Å². The van der Waals surface area contributed by atoms with E-state index in [1.807, 2.05) is 0 Å². The molecule has 0 radical (unpaired) electrons. The minimum atomic E-state index is -0.405. The van der Waals surface area contributed by atoms with Gasteiger partial charge in [-0.2, -0.15) is 0 Å². The average Bonchev–Trinajstić information content (AvgIpc) is 2.79. The van der Waals surface area contributed by atoms with Gasteiger partial charge in [-0.15, -0.1) is 0 Å². The monoisotopic (exact) mass is 361 g/mol. The van der Waals surface area contributed by atoms with Gasteiger partial charge in [-0.3, -0.25) is 14.5 Å². The molecule has 0 bridgehead atoms. The standard InChI is InChI=1S/C17H12ClNO4S/c18-12-3-1-2-11(6-12)9-19-16(22)15(24-17(19)23)8-10-4-5-13(20)14(21)7-10/h1-8,20-21H,9H2/b15-8-. The molecule has 1 fully saturated rings. The third-order valence-corrected chi connectivity index (χ3v) is 4.54. The normalized spacial score (nSPS) is 16.2. The Hall–Kier alpha value is -2.44. The molecule has 1 saturated heterocycles. The SMILES string of the molecule is O=C1S/C(=C\c2ccc(O)c(O)c2)C(=O)N1Cc1cccc(Cl)c1. The predicted octanol–water partition coefficient (Wildman–Crippen LogP) is 3.99. The number of imide groups is 1. The van der Waals surface area contributed by atoms with Gasteiger partial charge in [0.1, 0.15) is 0 Å². The van der Waals surface area contributed by atoms with E-state index < -0.39 is 5.91 Å². The molecule has 3 rings (SSSR count). The highest BCUT2D eigenvalue weighted by Gasteiger charge is 2.35. The van der Waals surface area contributed by atoms with Crippen LogP contribution in [0.3, 0.4) is 0 Å². The van der Waals surface area contributed by atoms with Crippen molar-refractivity contribution in [1.82, 2.24) is 4.90 Å². The van der Waals surface area contributed by atoms with Gasteiger partial charge in [0.2, 0.25) is 0 Å². The fourth-order valence-corrected chi connectivity index (χ4v) is 3.29. The number of hydrogen-bond donors (Lipinski definition) is 2. The topological polar surface area (TPSA) is 77.8 Å². The lowest BCUT2D eigenvalue weighted by atomic mass is 10.2. The first-order valence-corrected chi connectivity index (χ1v) is 8.15. The number of hydrogen-bond acceptors (Lipinski definition) is 5. The van der Waals surface area contributed by atoms with Gasteiger partial charge in [0, 0.05) is 5.02 Å². The molecule has 0 atom stereocenters. The highest BCUT2D eigenvalue weighted by atomic mass is 35.5. The van der Waals surface area contributed by atoms with Crippen LogP contribution in [-0.2, 0) is 11.3 Å². The van der Waals surface area contributed by atoms with E-state index in [0.717, 1.165) is 22.2 Å². The molecule has 7 heteroatoms. The van der Waals surface area contributed by atoms with Crippen LogP contribution in [0.4, 0.5) is 4.79 Å². The van der Waals surface area contributed by atoms with E-state index in [9.17, 15) is 19.8 Å². The van der Waals surface area contributed by atoms with Crippen molar-refractivity contribution in [2.45, 2.75) is 6.54 Å². The van der Waals surface area contributed by atoms with Gasteiger partial charge >= 0.3 is 0 Å². The van der Waals surface area contributed by atoms with Crippen molar-refractivity contribution in [2.24, 2.45) is 0 Å². The van der Waals surface area contributed by atoms with E-state index in [0.29, 0.717) is 10.6 Å². The zero-order valence-corrected chi connectivity index (χ0v) is 13.8. The van der Waals surface area contributed by atoms with E-state index in [-0.39, 0.29) is 28.2 Å². The Balaban J connectivity index is 1.83. The third-order valence-electron chi connectivity index (χ3n) is 3.40. The molecule has 0 aromatic heterocycles. The van der Waals surface area contributed by atoms with E-state index in [1.54, 1.807) is 30.3 Å². The smallest absolute Gasteiger partial charge is 0.293 e. The van der Waals surface area contributed by atoms with Crippen LogP contribution in [0.25, 0.3) is 6.08 Å². The number of rotatable bonds is 3. The predicted molar refractivity (Wildman–Crippen MR) is 92.7 cm³/mol. The maximum Gasteiger partial charge on any atom is 0.293 e. The van der Waals surface area contributed by atoms with Crippen LogP contribution in [0.15, 0.2) is 47.4 Å². The number of carbonyl (C=O) groups is 2. The number of nitrogens with zero attached hydrogens (tertiary/aromatic N) is 1. The number of amides is 2. The minimum Gasteiger partial charge on any atom is -0.504 e. The van der Waals surface area contributed by atoms with Gasteiger partial charge in [0.15, 0.2) is 11.5 Å². The fraction of sp³-hybridized carbons (Fsp3) is 0.0588. The summed E-state index contributed by atoms with van der Waals surface area (Å²) in [5.74, 6) is -0.944. The first-order chi connectivity index (χ1) is 11.4. The van der Waals surface area contributed by atoms with E-state index in [2.05, 4.69) is 0 Å². The van der Waals surface area contributed by atoms with E-state index in [4.69, 9.17) is 11.6 Å². The Morgan fingerprint density at radius 2 is 1.88 bits per heavy atom. The van der Waals surface area contributed by atoms with Crippen molar-refractivity contribution in [3.8, 4) is 11.5 Å². The van der Waals surface area contributed by atoms with Crippen LogP contribution in [0.2, 0.25) is 5.02 Å². The molecule has 2 aromatic carbocycles. The van der Waals surface area contributed by atoms with Gasteiger partial charge in [0.05, 0.1) is 11.4 Å². The van der Waals surface area contributed by atoms with Crippen LogP contribution in [0.1, 0.15) is 11.1 Å². The first-order valence-electron chi connectivity index (χ1n) is 6.96. The molecule has 1 aliphatic heterocycles. The summed E-state index contributed by atoms with van der Waals surface area (Å²) in [5.41, 5.74) is 1.27. The minimum absolute atomic E-state index is 0.142. The maximum atomic E-state index is 12.4. The van der Waals surface area contributed by atoms with Crippen molar-refractivity contribution in [1.29, 1.82) is 0 Å². The lowest BCUT2D eigenvalue weighted by Gasteiger charge is -2.12. The zero-order valence-electron chi connectivity index (χ0n) is 12.3. The van der Waals surface area contributed by atoms with Crippen LogP contribution in [-0.4, -0.2) is 26.3 Å². The largest absolute Gasteiger partial charge is 0.504 e. The molecule has 1 aliphatic rings. The molecule has 0 saturated carbocycles. The van der Waals surface area contributed by atoms with Crippen LogP contribution in [0, 0.1) is 0 Å². The van der Waals surface area contributed by atoms with Crippen molar-refractivity contribution in [3.05, 3.63) is 63.5 Å². The summed E-state index contributed by atoms with van der Waals surface area (Å²) in [7, 11) is 0. The summed E-state index contributed by atoms with van der Waals surface area (Å²) in [6, 6.07) is 11.1. The number of thioether (sulfide) groups is 1. The molecular formula is C17H12ClNO4S. The van der Waals surface area contributed by atoms with E-state index >= 15 is 0 Å². The van der Waals surface area contributed by atoms with Gasteiger partial charge in [-0.1, -0.05) is 29.8 Å². The molecule has 2 aromatic rings. The molecule has 122 valence electrons. The summed E-state index contributed by atoms with van der Waals surface area (Å²) in [5, 5.41) is 19.0. The lowest BCUT2D eigenvalue weighted by molar-refractivity contribution is -0.123. The van der Waals surface area contributed by atoms with Crippen molar-refractivity contribution in [3.63, 3.8) is 0 Å². The number of halogens is 1. The van der Waals surface area contributed by atoms with Gasteiger partial charge in [0.25, 0.3) is 11.1 Å². The van der Waals surface area contributed by atoms with Gasteiger partial charge in [-0.05, 0) is 53.2 Å². The van der Waals surface area contributed by atoms with Gasteiger partial charge < -0.3 is 10.2 Å². The van der Waals surface area contributed by atoms with E-state index in [1.165, 1.54) is 18.2 Å². The van der Waals surface area contributed by atoms with Crippen molar-refractivity contribution < 1.29 is 19.8 Å². The second-order valence-corrected chi connectivity index (χ2v) is 6.58. The van der Waals surface area contributed by atoms with Crippen molar-refractivity contribution in [2.75, 3.05) is 0 Å². The Labute approximate surface area is 147 Å². The summed E-state index contributed by atoms with van der Waals surface area (Å²) in [4.78, 5) is 25.9. The molecule has 0 unspecified atom stereocenters. The Bertz CT molecular complexity index is 865. The fourth-order valence-electron chi connectivity index (χ4n) is 2.24. The Kier molecular flexibility index (Phi) is 4.51. The lowest BCUT2D eigenvalue weighted by Crippen LogP contribution is -2.27. The molecular weight excluding hydrogens is 350 g/mol. The second-order valence-electron chi connectivity index (χ2n) is 5.15. The second kappa shape index (κ2) is 6.59. The molecule has 2 amide bonds. The summed E-state index contributed by atoms with van der Waals surface area (Å²) in [6.07, 6.45) is 1.50. The number of phenolic OH excluding ortho intramolecular Hbond substituents is 2. The highest BCUT2D eigenvalue weighted by Crippen LogP contribution is 2.34. The molecule has 0 aliphatic carbocycles. The Morgan fingerprint density at radius 3 is 2.58 bits per heavy atom. The number of aromatic hydroxyl groups is 2. The quantitative estimate of drug-likeness (QED) is 0.638. The summed E-state index contributed by atoms with van der Waals surface area (Å²) < 4.78 is 0. The van der Waals surface area contributed by atoms with Crippen molar-refractivity contribution >= 4 is 40.6 Å².